The van der Waals surface area contributed by atoms with Crippen LogP contribution in [0.25, 0.3) is 0 Å². The molecule has 4 nitrogen and oxygen atoms in total. The van der Waals surface area contributed by atoms with E-state index in [2.05, 4.69) is 0 Å². The zero-order valence-electron chi connectivity index (χ0n) is 5.40. The van der Waals surface area contributed by atoms with Crippen molar-refractivity contribution in [3.63, 3.8) is 0 Å². The van der Waals surface area contributed by atoms with Crippen LogP contribution >= 0.6 is 0 Å². The number of aliphatic hydroxyl groups excluding tert-OH is 3. The molecule has 1 rings (SSSR count). The first-order valence-electron chi connectivity index (χ1n) is 3.05. The van der Waals surface area contributed by atoms with Gasteiger partial charge in [-0.3, -0.25) is 0 Å². The zero-order chi connectivity index (χ0) is 7.56. The van der Waals surface area contributed by atoms with Gasteiger partial charge in [-0.25, -0.2) is 0 Å². The van der Waals surface area contributed by atoms with Crippen LogP contribution in [0.1, 0.15) is 0 Å². The minimum atomic E-state index is -0.928. The number of rotatable bonds is 1. The molecule has 0 bridgehead atoms. The number of hydrogen-bond donors (Lipinski definition) is 3. The standard InChI is InChI=1S/C6H10O4/c7-2-4-1-5(8)6(9)3-10-4/h1,4,6-9H,2-3H2. The van der Waals surface area contributed by atoms with Crippen LogP contribution in [0, 0.1) is 0 Å². The molecule has 58 valence electrons. The SMILES string of the molecule is OCC1C=C(O)C(O)CO1. The summed E-state index contributed by atoms with van der Waals surface area (Å²) in [5.41, 5.74) is 0. The van der Waals surface area contributed by atoms with Crippen LogP contribution in [0.2, 0.25) is 0 Å². The van der Waals surface area contributed by atoms with E-state index in [1.807, 2.05) is 0 Å². The summed E-state index contributed by atoms with van der Waals surface area (Å²) in [4.78, 5) is 0. The maximum atomic E-state index is 8.90. The first kappa shape index (κ1) is 7.53. The third kappa shape index (κ3) is 1.47. The Kier molecular flexibility index (Phi) is 2.26. The topological polar surface area (TPSA) is 69.9 Å². The molecule has 0 amide bonds. The van der Waals surface area contributed by atoms with Gasteiger partial charge in [-0.05, 0) is 6.08 Å². The molecule has 0 radical (unpaired) electrons. The summed E-state index contributed by atoms with van der Waals surface area (Å²) in [7, 11) is 0. The molecule has 2 atom stereocenters. The van der Waals surface area contributed by atoms with Gasteiger partial charge < -0.3 is 20.1 Å². The molecule has 3 N–H and O–H groups in total. The van der Waals surface area contributed by atoms with Gasteiger partial charge >= 0.3 is 0 Å². The minimum absolute atomic E-state index is 0.0492. The van der Waals surface area contributed by atoms with E-state index in [-0.39, 0.29) is 19.0 Å². The first-order chi connectivity index (χ1) is 4.74. The molecule has 0 fully saturated rings. The van der Waals surface area contributed by atoms with Crippen molar-refractivity contribution < 1.29 is 20.1 Å². The summed E-state index contributed by atoms with van der Waals surface area (Å²) in [5.74, 6) is -0.120. The van der Waals surface area contributed by atoms with Gasteiger partial charge in [0.15, 0.2) is 0 Å². The van der Waals surface area contributed by atoms with Crippen molar-refractivity contribution in [1.82, 2.24) is 0 Å². The van der Waals surface area contributed by atoms with Crippen LogP contribution in [0.4, 0.5) is 0 Å². The lowest BCUT2D eigenvalue weighted by Crippen LogP contribution is -2.30. The van der Waals surface area contributed by atoms with Crippen molar-refractivity contribution >= 4 is 0 Å². The van der Waals surface area contributed by atoms with Gasteiger partial charge in [0.25, 0.3) is 0 Å². The van der Waals surface area contributed by atoms with E-state index in [4.69, 9.17) is 20.1 Å². The normalized spacial score (nSPS) is 33.6. The van der Waals surface area contributed by atoms with Crippen molar-refractivity contribution in [2.24, 2.45) is 0 Å². The fraction of sp³-hybridized carbons (Fsp3) is 0.667. The van der Waals surface area contributed by atoms with E-state index in [0.29, 0.717) is 0 Å². The van der Waals surface area contributed by atoms with Gasteiger partial charge in [0.2, 0.25) is 0 Å². The predicted octanol–water partition coefficient (Wildman–Crippen LogP) is -0.820. The first-order valence-corrected chi connectivity index (χ1v) is 3.05. The highest BCUT2D eigenvalue weighted by molar-refractivity contribution is 5.05. The van der Waals surface area contributed by atoms with E-state index in [9.17, 15) is 0 Å². The molecule has 0 aliphatic carbocycles. The quantitative estimate of drug-likeness (QED) is 0.452. The average Bonchev–Trinajstić information content (AvgIpc) is 1.95. The highest BCUT2D eigenvalue weighted by Gasteiger charge is 2.19. The Morgan fingerprint density at radius 3 is 2.90 bits per heavy atom. The summed E-state index contributed by atoms with van der Waals surface area (Å²) in [6.45, 7) is -0.121. The predicted molar refractivity (Wildman–Crippen MR) is 33.5 cm³/mol. The van der Waals surface area contributed by atoms with Crippen LogP contribution in [-0.2, 0) is 4.74 Å². The Hall–Kier alpha value is -0.580. The van der Waals surface area contributed by atoms with Crippen molar-refractivity contribution in [2.45, 2.75) is 12.2 Å². The van der Waals surface area contributed by atoms with Gasteiger partial charge in [-0.15, -0.1) is 0 Å². The maximum Gasteiger partial charge on any atom is 0.134 e. The molecule has 10 heavy (non-hydrogen) atoms. The lowest BCUT2D eigenvalue weighted by atomic mass is 10.2. The molecule has 0 spiro atoms. The van der Waals surface area contributed by atoms with Gasteiger partial charge in [0.05, 0.1) is 13.2 Å². The Bertz CT molecular complexity index is 143. The van der Waals surface area contributed by atoms with Gasteiger partial charge in [-0.1, -0.05) is 0 Å². The summed E-state index contributed by atoms with van der Waals surface area (Å²) in [5, 5.41) is 26.3. The summed E-state index contributed by atoms with van der Waals surface area (Å²) in [6.07, 6.45) is -0.0973. The summed E-state index contributed by atoms with van der Waals surface area (Å²) >= 11 is 0. The Morgan fingerprint density at radius 1 is 1.70 bits per heavy atom. The highest BCUT2D eigenvalue weighted by Crippen LogP contribution is 2.10. The maximum absolute atomic E-state index is 8.90. The second-order valence-electron chi connectivity index (χ2n) is 2.16. The number of hydrogen-bond acceptors (Lipinski definition) is 4. The number of aliphatic hydroxyl groups is 3. The van der Waals surface area contributed by atoms with E-state index in [1.165, 1.54) is 6.08 Å². The smallest absolute Gasteiger partial charge is 0.134 e. The number of ether oxygens (including phenoxy) is 1. The van der Waals surface area contributed by atoms with Crippen LogP contribution < -0.4 is 0 Å². The molecule has 1 aliphatic heterocycles. The zero-order valence-corrected chi connectivity index (χ0v) is 5.40. The molecule has 2 unspecified atom stereocenters. The van der Waals surface area contributed by atoms with Crippen LogP contribution in [-0.4, -0.2) is 40.7 Å². The van der Waals surface area contributed by atoms with Crippen molar-refractivity contribution in [3.05, 3.63) is 11.8 Å². The molecule has 0 saturated heterocycles. The third-order valence-electron chi connectivity index (χ3n) is 1.35. The molecule has 0 aromatic rings. The highest BCUT2D eigenvalue weighted by atomic mass is 16.5. The molecule has 1 heterocycles. The van der Waals surface area contributed by atoms with Crippen molar-refractivity contribution in [2.75, 3.05) is 13.2 Å². The molecule has 0 aromatic carbocycles. The monoisotopic (exact) mass is 146 g/mol. The molecule has 4 heteroatoms. The average molecular weight is 146 g/mol. The lowest BCUT2D eigenvalue weighted by Gasteiger charge is -2.21. The molecular weight excluding hydrogens is 136 g/mol. The molecule has 1 aliphatic rings. The van der Waals surface area contributed by atoms with E-state index in [1.54, 1.807) is 0 Å². The molecular formula is C6H10O4. The van der Waals surface area contributed by atoms with Crippen molar-refractivity contribution in [3.8, 4) is 0 Å². The minimum Gasteiger partial charge on any atom is -0.510 e. The van der Waals surface area contributed by atoms with Crippen LogP contribution in [0.5, 0.6) is 0 Å². The Balaban J connectivity index is 2.56. The van der Waals surface area contributed by atoms with E-state index < -0.39 is 12.2 Å². The van der Waals surface area contributed by atoms with E-state index >= 15 is 0 Å². The van der Waals surface area contributed by atoms with E-state index in [0.717, 1.165) is 0 Å². The van der Waals surface area contributed by atoms with Gasteiger partial charge in [0, 0.05) is 0 Å². The lowest BCUT2D eigenvalue weighted by molar-refractivity contribution is -0.0298. The Labute approximate surface area is 58.4 Å². The van der Waals surface area contributed by atoms with Gasteiger partial charge in [-0.2, -0.15) is 0 Å². The van der Waals surface area contributed by atoms with Gasteiger partial charge in [0.1, 0.15) is 18.0 Å². The summed E-state index contributed by atoms with van der Waals surface area (Å²) in [6, 6.07) is 0. The molecule has 0 saturated carbocycles. The molecule has 0 aromatic heterocycles. The fourth-order valence-electron chi connectivity index (χ4n) is 0.755. The Morgan fingerprint density at radius 2 is 2.40 bits per heavy atom. The van der Waals surface area contributed by atoms with Crippen molar-refractivity contribution in [1.29, 1.82) is 0 Å². The largest absolute Gasteiger partial charge is 0.510 e. The van der Waals surface area contributed by atoms with Crippen LogP contribution in [0.3, 0.4) is 0 Å². The third-order valence-corrected chi connectivity index (χ3v) is 1.35. The van der Waals surface area contributed by atoms with Crippen LogP contribution in [0.15, 0.2) is 11.8 Å². The fourth-order valence-corrected chi connectivity index (χ4v) is 0.755. The summed E-state index contributed by atoms with van der Waals surface area (Å²) < 4.78 is 4.87. The second-order valence-corrected chi connectivity index (χ2v) is 2.16. The second kappa shape index (κ2) is 3.01.